The average molecular weight is 643 g/mol. The van der Waals surface area contributed by atoms with Crippen molar-refractivity contribution in [3.05, 3.63) is 65.4 Å². The van der Waals surface area contributed by atoms with Crippen LogP contribution in [0.15, 0.2) is 36.7 Å². The number of thiol groups is 1. The molecule has 2 saturated carbocycles. The van der Waals surface area contributed by atoms with Gasteiger partial charge in [-0.2, -0.15) is 0 Å². The quantitative estimate of drug-likeness (QED) is 0.161. The maximum atomic E-state index is 14.3. The molecule has 0 amide bonds. The van der Waals surface area contributed by atoms with Gasteiger partial charge in [-0.1, -0.05) is 11.3 Å². The van der Waals surface area contributed by atoms with Crippen LogP contribution in [0, 0.1) is 17.5 Å². The van der Waals surface area contributed by atoms with E-state index in [2.05, 4.69) is 10.3 Å². The van der Waals surface area contributed by atoms with Gasteiger partial charge in [0.15, 0.2) is 17.5 Å². The van der Waals surface area contributed by atoms with Crippen LogP contribution in [0.2, 0.25) is 0 Å². The minimum absolute atomic E-state index is 0.0242. The van der Waals surface area contributed by atoms with Crippen molar-refractivity contribution in [1.29, 1.82) is 0 Å². The predicted octanol–water partition coefficient (Wildman–Crippen LogP) is 4.61. The second kappa shape index (κ2) is 11.9. The smallest absolute Gasteiger partial charge is 0.248 e. The van der Waals surface area contributed by atoms with E-state index in [4.69, 9.17) is 9.72 Å². The van der Waals surface area contributed by atoms with E-state index in [-0.39, 0.29) is 35.8 Å². The molecule has 8 nitrogen and oxygen atoms in total. The molecule has 3 heterocycles. The van der Waals surface area contributed by atoms with Crippen molar-refractivity contribution in [1.82, 2.24) is 20.0 Å². The molecule has 6 atom stereocenters. The average Bonchev–Trinajstić information content (AvgIpc) is 3.74. The molecule has 3 aromatic rings. The summed E-state index contributed by atoms with van der Waals surface area (Å²) in [5.74, 6) is -6.78. The zero-order chi connectivity index (χ0) is 31.4. The summed E-state index contributed by atoms with van der Waals surface area (Å²) in [6, 6.07) is 4.44. The highest BCUT2D eigenvalue weighted by Gasteiger charge is 2.55. The second-order valence-electron chi connectivity index (χ2n) is 12.2. The maximum Gasteiger partial charge on any atom is 0.248 e. The number of alkyl halides is 2. The number of halogens is 5. The number of aromatic nitrogens is 4. The van der Waals surface area contributed by atoms with Crippen molar-refractivity contribution < 1.29 is 42.0 Å². The lowest BCUT2D eigenvalue weighted by Crippen LogP contribution is -2.54. The fraction of sp³-hybridized carbons (Fsp3) is 0.567. The highest BCUT2D eigenvalue weighted by atomic mass is 32.2. The molecular weight excluding hydrogens is 607 g/mol. The van der Waals surface area contributed by atoms with Crippen molar-refractivity contribution in [2.24, 2.45) is 0 Å². The number of aliphatic hydroxyl groups is 3. The summed E-state index contributed by atoms with van der Waals surface area (Å²) >= 11 is 0. The Morgan fingerprint density at radius 1 is 1.11 bits per heavy atom. The van der Waals surface area contributed by atoms with Gasteiger partial charge in [-0.3, -0.25) is 4.98 Å². The molecule has 6 rings (SSSR count). The molecule has 0 radical (unpaired) electrons. The molecule has 14 heteroatoms. The Morgan fingerprint density at radius 3 is 2.41 bits per heavy atom. The largest absolute Gasteiger partial charge is 0.395 e. The first-order chi connectivity index (χ1) is 21.0. The van der Waals surface area contributed by atoms with Crippen molar-refractivity contribution in [3.8, 4) is 11.3 Å². The SMILES string of the molecule is CO[C@H]1C[SH]([C@H](c2ncccc2C2CC2)C2(O)CCC(F)(F)CC2)[C@H](CO)[C@H](O)[C@@H]1n1cc(-c2cc(F)c(F)c(F)c2)nn1. The Balaban J connectivity index is 1.38. The van der Waals surface area contributed by atoms with Crippen LogP contribution < -0.4 is 0 Å². The Hall–Kier alpha value is -2.65. The number of benzene rings is 1. The summed E-state index contributed by atoms with van der Waals surface area (Å²) in [6.07, 6.45) is 1.58. The van der Waals surface area contributed by atoms with Crippen LogP contribution in [-0.4, -0.2) is 83.7 Å². The van der Waals surface area contributed by atoms with Gasteiger partial charge < -0.3 is 20.1 Å². The van der Waals surface area contributed by atoms with E-state index < -0.39 is 88.1 Å². The summed E-state index contributed by atoms with van der Waals surface area (Å²) in [4.78, 5) is 4.70. The van der Waals surface area contributed by atoms with Crippen LogP contribution >= 0.6 is 10.9 Å². The number of pyridine rings is 1. The summed E-state index contributed by atoms with van der Waals surface area (Å²) < 4.78 is 77.1. The molecule has 3 N–H and O–H groups in total. The fourth-order valence-corrected chi connectivity index (χ4v) is 10.7. The molecule has 2 aliphatic carbocycles. The van der Waals surface area contributed by atoms with Gasteiger partial charge in [0.25, 0.3) is 0 Å². The van der Waals surface area contributed by atoms with E-state index in [0.29, 0.717) is 5.69 Å². The molecule has 0 spiro atoms. The lowest BCUT2D eigenvalue weighted by molar-refractivity contribution is -0.105. The molecule has 1 saturated heterocycles. The lowest BCUT2D eigenvalue weighted by atomic mass is 9.78. The first-order valence-electron chi connectivity index (χ1n) is 14.7. The Labute approximate surface area is 253 Å². The molecule has 1 aromatic carbocycles. The van der Waals surface area contributed by atoms with Crippen LogP contribution in [0.25, 0.3) is 11.3 Å². The van der Waals surface area contributed by atoms with Gasteiger partial charge in [0.05, 0.1) is 41.6 Å². The van der Waals surface area contributed by atoms with Gasteiger partial charge in [-0.05, 0) is 55.4 Å². The third-order valence-electron chi connectivity index (χ3n) is 9.36. The van der Waals surface area contributed by atoms with Crippen molar-refractivity contribution in [3.63, 3.8) is 0 Å². The Kier molecular flexibility index (Phi) is 8.50. The number of rotatable bonds is 8. The third kappa shape index (κ3) is 5.75. The van der Waals surface area contributed by atoms with E-state index in [9.17, 15) is 37.3 Å². The molecule has 1 unspecified atom stereocenters. The molecular formula is C30H35F5N4O4S. The minimum Gasteiger partial charge on any atom is -0.395 e. The summed E-state index contributed by atoms with van der Waals surface area (Å²) in [5, 5.41) is 41.2. The van der Waals surface area contributed by atoms with Crippen molar-refractivity contribution in [2.45, 2.75) is 84.7 Å². The lowest BCUT2D eigenvalue weighted by Gasteiger charge is -2.53. The molecule has 3 aliphatic rings. The summed E-state index contributed by atoms with van der Waals surface area (Å²) in [7, 11) is -0.0806. The number of hydrogen-bond acceptors (Lipinski definition) is 7. The number of ether oxygens (including phenoxy) is 1. The van der Waals surface area contributed by atoms with E-state index in [1.165, 1.54) is 18.0 Å². The summed E-state index contributed by atoms with van der Waals surface area (Å²) in [6.45, 7) is -0.468. The van der Waals surface area contributed by atoms with Gasteiger partial charge >= 0.3 is 0 Å². The molecule has 240 valence electrons. The van der Waals surface area contributed by atoms with Crippen LogP contribution in [0.4, 0.5) is 22.0 Å². The van der Waals surface area contributed by atoms with Crippen molar-refractivity contribution in [2.75, 3.05) is 19.5 Å². The maximum absolute atomic E-state index is 14.3. The molecule has 0 bridgehead atoms. The van der Waals surface area contributed by atoms with Gasteiger partial charge in [0.2, 0.25) is 5.92 Å². The van der Waals surface area contributed by atoms with E-state index >= 15 is 0 Å². The van der Waals surface area contributed by atoms with E-state index in [0.717, 1.165) is 30.5 Å². The number of methoxy groups -OCH3 is 1. The van der Waals surface area contributed by atoms with Crippen molar-refractivity contribution >= 4 is 10.9 Å². The summed E-state index contributed by atoms with van der Waals surface area (Å²) in [5.41, 5.74) is -0.00658. The van der Waals surface area contributed by atoms with Gasteiger partial charge in [-0.25, -0.2) is 37.5 Å². The zero-order valence-electron chi connectivity index (χ0n) is 24.0. The van der Waals surface area contributed by atoms with E-state index in [1.54, 1.807) is 6.20 Å². The van der Waals surface area contributed by atoms with Gasteiger partial charge in [-0.15, -0.1) is 5.10 Å². The Bertz CT molecular complexity index is 1470. The van der Waals surface area contributed by atoms with Crippen LogP contribution in [-0.2, 0) is 4.74 Å². The highest BCUT2D eigenvalue weighted by molar-refractivity contribution is 8.18. The standard InChI is InChI=1S/C30H35F5N4O4S/c1-43-22-15-44(28(29(42)6-8-30(34,35)9-7-29)25-18(16-4-5-16)3-2-10-36-25)23(14-40)27(41)26(22)39-13-21(37-38-39)17-11-19(31)24(33)20(32)12-17/h2-3,10-13,16,22-23,26-28,40-42,44H,4-9,14-15H2,1H3/t22-,23+,26+,27-,28+/m0/s1. The monoisotopic (exact) mass is 642 g/mol. The highest BCUT2D eigenvalue weighted by Crippen LogP contribution is 2.62. The van der Waals surface area contributed by atoms with Gasteiger partial charge in [0, 0.05) is 42.7 Å². The van der Waals surface area contributed by atoms with Crippen LogP contribution in [0.3, 0.4) is 0 Å². The first-order valence-corrected chi connectivity index (χ1v) is 16.3. The predicted molar refractivity (Wildman–Crippen MR) is 153 cm³/mol. The minimum atomic E-state index is -2.89. The number of nitrogens with zero attached hydrogens (tertiary/aromatic N) is 4. The van der Waals surface area contributed by atoms with Gasteiger partial charge in [0.1, 0.15) is 11.7 Å². The molecule has 1 aliphatic heterocycles. The zero-order valence-corrected chi connectivity index (χ0v) is 24.9. The molecule has 3 fully saturated rings. The van der Waals surface area contributed by atoms with Crippen LogP contribution in [0.1, 0.15) is 67.0 Å². The second-order valence-corrected chi connectivity index (χ2v) is 14.7. The third-order valence-corrected chi connectivity index (χ3v) is 12.9. The molecule has 44 heavy (non-hydrogen) atoms. The fourth-order valence-electron chi connectivity index (χ4n) is 6.84. The molecule has 2 aromatic heterocycles. The Morgan fingerprint density at radius 2 is 1.80 bits per heavy atom. The number of hydrogen-bond donors (Lipinski definition) is 4. The van der Waals surface area contributed by atoms with Crippen LogP contribution in [0.5, 0.6) is 0 Å². The van der Waals surface area contributed by atoms with E-state index in [1.807, 2.05) is 12.1 Å². The normalized spacial score (nSPS) is 29.8. The number of aliphatic hydroxyl groups excluding tert-OH is 2. The topological polar surface area (TPSA) is 114 Å². The first kappa shape index (κ1) is 31.3.